The van der Waals surface area contributed by atoms with Crippen LogP contribution in [0, 0.1) is 10.1 Å². The molecule has 1 atom stereocenters. The lowest BCUT2D eigenvalue weighted by Gasteiger charge is -2.13. The molecule has 8 nitrogen and oxygen atoms in total. The highest BCUT2D eigenvalue weighted by molar-refractivity contribution is 5.84. The van der Waals surface area contributed by atoms with Gasteiger partial charge in [-0.3, -0.25) is 19.7 Å². The van der Waals surface area contributed by atoms with Crippen molar-refractivity contribution in [3.8, 4) is 5.75 Å². The summed E-state index contributed by atoms with van der Waals surface area (Å²) in [6.45, 7) is 0.950. The molecular weight excluding hydrogens is 256 g/mol. The van der Waals surface area contributed by atoms with E-state index in [1.54, 1.807) is 0 Å². The van der Waals surface area contributed by atoms with Gasteiger partial charge in [0, 0.05) is 12.1 Å². The zero-order chi connectivity index (χ0) is 14.4. The molecule has 0 aromatic heterocycles. The zero-order valence-electron chi connectivity index (χ0n) is 10.0. The molecule has 19 heavy (non-hydrogen) atoms. The van der Waals surface area contributed by atoms with E-state index in [0.717, 1.165) is 0 Å². The normalized spacial score (nSPS) is 11.4. The van der Waals surface area contributed by atoms with Crippen LogP contribution < -0.4 is 10.1 Å². The molecule has 0 aliphatic rings. The summed E-state index contributed by atoms with van der Waals surface area (Å²) in [4.78, 5) is 31.6. The van der Waals surface area contributed by atoms with Gasteiger partial charge in [0.2, 0.25) is 0 Å². The number of carbonyl (C=O) groups is 2. The third-order valence-electron chi connectivity index (χ3n) is 2.14. The number of carbonyl (C=O) groups excluding carboxylic acids is 1. The molecule has 1 aromatic rings. The van der Waals surface area contributed by atoms with Gasteiger partial charge in [-0.15, -0.1) is 0 Å². The molecule has 0 saturated carbocycles. The van der Waals surface area contributed by atoms with Crippen molar-refractivity contribution < 1.29 is 24.4 Å². The monoisotopic (exact) mass is 268 g/mol. The van der Waals surface area contributed by atoms with E-state index < -0.39 is 29.4 Å². The molecule has 0 spiro atoms. The number of aliphatic carboxylic acids is 1. The lowest BCUT2D eigenvalue weighted by Crippen LogP contribution is -2.39. The first-order valence-electron chi connectivity index (χ1n) is 5.30. The molecule has 1 aromatic carbocycles. The minimum Gasteiger partial charge on any atom is -0.481 e. The van der Waals surface area contributed by atoms with Crippen LogP contribution in [0.1, 0.15) is 6.92 Å². The average Bonchev–Trinajstić information content (AvgIpc) is 2.36. The van der Waals surface area contributed by atoms with E-state index in [4.69, 9.17) is 9.84 Å². The zero-order valence-corrected chi connectivity index (χ0v) is 10.0. The van der Waals surface area contributed by atoms with Gasteiger partial charge in [0.1, 0.15) is 12.3 Å². The summed E-state index contributed by atoms with van der Waals surface area (Å²) in [7, 11) is 0. The first-order chi connectivity index (χ1) is 8.90. The molecule has 0 aliphatic carbocycles. The van der Waals surface area contributed by atoms with E-state index in [9.17, 15) is 19.7 Å². The number of ether oxygens (including phenoxy) is 1. The van der Waals surface area contributed by atoms with Crippen LogP contribution in [-0.2, 0) is 9.59 Å². The van der Waals surface area contributed by atoms with Gasteiger partial charge in [0.25, 0.3) is 11.6 Å². The van der Waals surface area contributed by atoms with E-state index in [0.29, 0.717) is 0 Å². The van der Waals surface area contributed by atoms with Gasteiger partial charge in [-0.25, -0.2) is 0 Å². The van der Waals surface area contributed by atoms with Crippen LogP contribution in [0.4, 0.5) is 5.69 Å². The van der Waals surface area contributed by atoms with Crippen molar-refractivity contribution >= 4 is 17.6 Å². The summed E-state index contributed by atoms with van der Waals surface area (Å²) in [6, 6.07) is 5.21. The van der Waals surface area contributed by atoms with Gasteiger partial charge in [-0.1, -0.05) is 0 Å². The standard InChI is InChI=1S/C11H12N2O6/c1-7(11(16)12-6-10(14)15)19-9-4-2-8(3-5-9)13(17)18/h2-5,7H,6H2,1H3,(H,12,16)(H,14,15). The number of carboxylic acid groups (broad SMARTS) is 1. The fraction of sp³-hybridized carbons (Fsp3) is 0.273. The maximum Gasteiger partial charge on any atom is 0.322 e. The Balaban J connectivity index is 2.56. The minimum absolute atomic E-state index is 0.0877. The van der Waals surface area contributed by atoms with Crippen molar-refractivity contribution in [2.75, 3.05) is 6.54 Å². The third kappa shape index (κ3) is 4.62. The highest BCUT2D eigenvalue weighted by atomic mass is 16.6. The largest absolute Gasteiger partial charge is 0.481 e. The second-order valence-corrected chi connectivity index (χ2v) is 3.62. The Labute approximate surface area is 108 Å². The predicted octanol–water partition coefficient (Wildman–Crippen LogP) is 0.563. The lowest BCUT2D eigenvalue weighted by molar-refractivity contribution is -0.384. The molecule has 0 bridgehead atoms. The molecule has 0 saturated heterocycles. The Morgan fingerprint density at radius 1 is 1.42 bits per heavy atom. The number of rotatable bonds is 6. The second kappa shape index (κ2) is 6.34. The van der Waals surface area contributed by atoms with E-state index in [1.165, 1.54) is 31.2 Å². The van der Waals surface area contributed by atoms with Crippen LogP contribution in [0.2, 0.25) is 0 Å². The Morgan fingerprint density at radius 3 is 2.47 bits per heavy atom. The first kappa shape index (κ1) is 14.4. The number of nitro groups is 1. The van der Waals surface area contributed by atoms with Crippen molar-refractivity contribution in [3.05, 3.63) is 34.4 Å². The molecule has 102 valence electrons. The smallest absolute Gasteiger partial charge is 0.322 e. The van der Waals surface area contributed by atoms with Crippen LogP contribution in [0.5, 0.6) is 5.75 Å². The van der Waals surface area contributed by atoms with Crippen molar-refractivity contribution in [2.24, 2.45) is 0 Å². The Kier molecular flexibility index (Phi) is 4.81. The number of non-ortho nitro benzene ring substituents is 1. The fourth-order valence-electron chi connectivity index (χ4n) is 1.21. The van der Waals surface area contributed by atoms with Gasteiger partial charge >= 0.3 is 5.97 Å². The minimum atomic E-state index is -1.16. The van der Waals surface area contributed by atoms with Gasteiger partial charge in [-0.2, -0.15) is 0 Å². The van der Waals surface area contributed by atoms with Crippen molar-refractivity contribution in [3.63, 3.8) is 0 Å². The van der Waals surface area contributed by atoms with E-state index >= 15 is 0 Å². The molecule has 8 heteroatoms. The number of nitrogens with one attached hydrogen (secondary N) is 1. The summed E-state index contributed by atoms with van der Waals surface area (Å²) in [5.41, 5.74) is -0.0877. The highest BCUT2D eigenvalue weighted by Crippen LogP contribution is 2.18. The molecule has 2 N–H and O–H groups in total. The van der Waals surface area contributed by atoms with Gasteiger partial charge in [0.05, 0.1) is 4.92 Å². The van der Waals surface area contributed by atoms with E-state index in [1.807, 2.05) is 0 Å². The summed E-state index contributed by atoms with van der Waals surface area (Å²) in [6.07, 6.45) is -0.902. The molecule has 1 amide bonds. The lowest BCUT2D eigenvalue weighted by atomic mass is 10.3. The Hall–Kier alpha value is -2.64. The van der Waals surface area contributed by atoms with Crippen LogP contribution in [-0.4, -0.2) is 34.6 Å². The average molecular weight is 268 g/mol. The number of carboxylic acids is 1. The molecule has 0 aliphatic heterocycles. The molecule has 1 unspecified atom stereocenters. The topological polar surface area (TPSA) is 119 Å². The second-order valence-electron chi connectivity index (χ2n) is 3.62. The van der Waals surface area contributed by atoms with Crippen LogP contribution in [0.15, 0.2) is 24.3 Å². The molecule has 1 rings (SSSR count). The number of benzene rings is 1. The molecule has 0 fully saturated rings. The number of amides is 1. The van der Waals surface area contributed by atoms with Gasteiger partial charge in [0.15, 0.2) is 6.10 Å². The molecular formula is C11H12N2O6. The molecule has 0 radical (unpaired) electrons. The Bertz CT molecular complexity index is 484. The molecule has 0 heterocycles. The summed E-state index contributed by atoms with van der Waals surface area (Å²) in [5.74, 6) is -1.46. The van der Waals surface area contributed by atoms with Crippen molar-refractivity contribution in [2.45, 2.75) is 13.0 Å². The van der Waals surface area contributed by atoms with Crippen molar-refractivity contribution in [1.82, 2.24) is 5.32 Å². The third-order valence-corrected chi connectivity index (χ3v) is 2.14. The van der Waals surface area contributed by atoms with Crippen molar-refractivity contribution in [1.29, 1.82) is 0 Å². The van der Waals surface area contributed by atoms with Gasteiger partial charge < -0.3 is 15.2 Å². The van der Waals surface area contributed by atoms with Gasteiger partial charge in [-0.05, 0) is 19.1 Å². The maximum atomic E-state index is 11.4. The Morgan fingerprint density at radius 2 is 2.00 bits per heavy atom. The fourth-order valence-corrected chi connectivity index (χ4v) is 1.21. The number of hydrogen-bond acceptors (Lipinski definition) is 5. The predicted molar refractivity (Wildman–Crippen MR) is 63.8 cm³/mol. The SMILES string of the molecule is CC(Oc1ccc([N+](=O)[O-])cc1)C(=O)NCC(=O)O. The number of nitrogens with zero attached hydrogens (tertiary/aromatic N) is 1. The van der Waals surface area contributed by atoms with E-state index in [-0.39, 0.29) is 11.4 Å². The summed E-state index contributed by atoms with van der Waals surface area (Å²) in [5, 5.41) is 21.0. The maximum absolute atomic E-state index is 11.4. The summed E-state index contributed by atoms with van der Waals surface area (Å²) < 4.78 is 5.22. The van der Waals surface area contributed by atoms with E-state index in [2.05, 4.69) is 5.32 Å². The van der Waals surface area contributed by atoms with Crippen LogP contribution >= 0.6 is 0 Å². The summed E-state index contributed by atoms with van der Waals surface area (Å²) >= 11 is 0. The van der Waals surface area contributed by atoms with Crippen LogP contribution in [0.3, 0.4) is 0 Å². The highest BCUT2D eigenvalue weighted by Gasteiger charge is 2.15. The number of nitro benzene ring substituents is 1. The number of hydrogen-bond donors (Lipinski definition) is 2. The first-order valence-corrected chi connectivity index (χ1v) is 5.30. The van der Waals surface area contributed by atoms with Crippen LogP contribution in [0.25, 0.3) is 0 Å². The quantitative estimate of drug-likeness (QED) is 0.574.